The molecule has 3 heterocycles. The Morgan fingerprint density at radius 2 is 2.30 bits per heavy atom. The third-order valence-electron chi connectivity index (χ3n) is 4.02. The van der Waals surface area contributed by atoms with Gasteiger partial charge in [-0.15, -0.1) is 0 Å². The van der Waals surface area contributed by atoms with Crippen molar-refractivity contribution in [1.82, 2.24) is 20.2 Å². The van der Waals surface area contributed by atoms with E-state index in [2.05, 4.69) is 15.3 Å². The molecule has 3 N–H and O–H groups in total. The first kappa shape index (κ1) is 15.5. The molecule has 0 bridgehead atoms. The van der Waals surface area contributed by atoms with Crippen LogP contribution in [0.25, 0.3) is 0 Å². The van der Waals surface area contributed by atoms with Crippen LogP contribution in [-0.2, 0) is 6.54 Å². The molecule has 7 nitrogen and oxygen atoms in total. The van der Waals surface area contributed by atoms with Crippen molar-refractivity contribution in [2.75, 3.05) is 18.8 Å². The van der Waals surface area contributed by atoms with Crippen molar-refractivity contribution < 1.29 is 9.21 Å². The summed E-state index contributed by atoms with van der Waals surface area (Å²) in [6, 6.07) is 5.17. The summed E-state index contributed by atoms with van der Waals surface area (Å²) in [4.78, 5) is 23.1. The molecule has 1 saturated heterocycles. The standard InChI is InChI=1S/C16H21N5O2/c17-14-6-9-19-15(20-14)11-21(12-3-1-7-18-8-5-12)16(22)13-4-2-10-23-13/h2,4,6,9-10,12,18H,1,3,5,7-8,11H2,(H2,17,19,20)/t12-/m1/s1. The minimum absolute atomic E-state index is 0.132. The maximum absolute atomic E-state index is 12.8. The lowest BCUT2D eigenvalue weighted by molar-refractivity contribution is 0.0606. The van der Waals surface area contributed by atoms with Gasteiger partial charge in [-0.3, -0.25) is 4.79 Å². The van der Waals surface area contributed by atoms with Gasteiger partial charge in [-0.1, -0.05) is 0 Å². The second-order valence-electron chi connectivity index (χ2n) is 5.64. The molecule has 0 aliphatic carbocycles. The fourth-order valence-corrected chi connectivity index (χ4v) is 2.86. The predicted molar refractivity (Wildman–Crippen MR) is 85.5 cm³/mol. The molecular formula is C16H21N5O2. The molecule has 1 aliphatic heterocycles. The van der Waals surface area contributed by atoms with Gasteiger partial charge in [0.25, 0.3) is 5.91 Å². The summed E-state index contributed by atoms with van der Waals surface area (Å²) in [7, 11) is 0. The van der Waals surface area contributed by atoms with Gasteiger partial charge in [-0.05, 0) is 50.6 Å². The Morgan fingerprint density at radius 1 is 1.39 bits per heavy atom. The van der Waals surface area contributed by atoms with Crippen LogP contribution in [0.3, 0.4) is 0 Å². The number of hydrogen-bond acceptors (Lipinski definition) is 6. The fourth-order valence-electron chi connectivity index (χ4n) is 2.86. The van der Waals surface area contributed by atoms with Crippen LogP contribution in [0, 0.1) is 0 Å². The molecule has 1 amide bonds. The van der Waals surface area contributed by atoms with E-state index in [4.69, 9.17) is 10.2 Å². The molecule has 2 aromatic rings. The first-order chi connectivity index (χ1) is 11.2. The number of anilines is 1. The highest BCUT2D eigenvalue weighted by Crippen LogP contribution is 2.19. The molecular weight excluding hydrogens is 294 g/mol. The van der Waals surface area contributed by atoms with Crippen LogP contribution in [0.1, 0.15) is 35.6 Å². The van der Waals surface area contributed by atoms with Crippen molar-refractivity contribution in [3.63, 3.8) is 0 Å². The zero-order valence-corrected chi connectivity index (χ0v) is 12.9. The number of nitrogens with two attached hydrogens (primary N) is 1. The Balaban J connectivity index is 1.84. The highest BCUT2D eigenvalue weighted by Gasteiger charge is 2.28. The molecule has 0 radical (unpaired) electrons. The van der Waals surface area contributed by atoms with Gasteiger partial charge in [0.15, 0.2) is 5.76 Å². The van der Waals surface area contributed by atoms with Crippen molar-refractivity contribution in [3.05, 3.63) is 42.2 Å². The van der Waals surface area contributed by atoms with Crippen LogP contribution in [0.5, 0.6) is 0 Å². The quantitative estimate of drug-likeness (QED) is 0.886. The zero-order valence-electron chi connectivity index (χ0n) is 12.9. The van der Waals surface area contributed by atoms with Gasteiger partial charge in [0.05, 0.1) is 12.8 Å². The number of hydrogen-bond donors (Lipinski definition) is 2. The Labute approximate surface area is 134 Å². The topological polar surface area (TPSA) is 97.3 Å². The van der Waals surface area contributed by atoms with Crippen molar-refractivity contribution >= 4 is 11.7 Å². The fraction of sp³-hybridized carbons (Fsp3) is 0.438. The highest BCUT2D eigenvalue weighted by atomic mass is 16.3. The van der Waals surface area contributed by atoms with Gasteiger partial charge in [0, 0.05) is 12.2 Å². The normalized spacial score (nSPS) is 18.3. The molecule has 1 atom stereocenters. The summed E-state index contributed by atoms with van der Waals surface area (Å²) in [5.41, 5.74) is 5.73. The van der Waals surface area contributed by atoms with Crippen LogP contribution in [-0.4, -0.2) is 39.9 Å². The van der Waals surface area contributed by atoms with E-state index in [1.807, 2.05) is 0 Å². The Morgan fingerprint density at radius 3 is 3.09 bits per heavy atom. The SMILES string of the molecule is Nc1ccnc(CN(C(=O)c2ccco2)[C@@H]2CCCNCC2)n1. The predicted octanol–water partition coefficient (Wildman–Crippen LogP) is 1.44. The van der Waals surface area contributed by atoms with Crippen LogP contribution < -0.4 is 11.1 Å². The van der Waals surface area contributed by atoms with Gasteiger partial charge >= 0.3 is 0 Å². The summed E-state index contributed by atoms with van der Waals surface area (Å²) in [5.74, 6) is 1.16. The minimum atomic E-state index is -0.132. The summed E-state index contributed by atoms with van der Waals surface area (Å²) >= 11 is 0. The maximum atomic E-state index is 12.8. The van der Waals surface area contributed by atoms with Gasteiger partial charge in [0.2, 0.25) is 0 Å². The second-order valence-corrected chi connectivity index (χ2v) is 5.64. The van der Waals surface area contributed by atoms with Crippen LogP contribution in [0.4, 0.5) is 5.82 Å². The van der Waals surface area contributed by atoms with Gasteiger partial charge < -0.3 is 20.4 Å². The first-order valence-corrected chi connectivity index (χ1v) is 7.86. The van der Waals surface area contributed by atoms with E-state index >= 15 is 0 Å². The molecule has 1 aliphatic rings. The van der Waals surface area contributed by atoms with Crippen molar-refractivity contribution in [1.29, 1.82) is 0 Å². The van der Waals surface area contributed by atoms with E-state index in [0.717, 1.165) is 32.4 Å². The number of rotatable bonds is 4. The number of nitrogen functional groups attached to an aromatic ring is 1. The molecule has 1 fully saturated rings. The number of carbonyl (C=O) groups excluding carboxylic acids is 1. The number of nitrogens with zero attached hydrogens (tertiary/aromatic N) is 3. The highest BCUT2D eigenvalue weighted by molar-refractivity contribution is 5.91. The molecule has 3 rings (SSSR count). The van der Waals surface area contributed by atoms with Gasteiger partial charge in [-0.2, -0.15) is 0 Å². The van der Waals surface area contributed by atoms with E-state index < -0.39 is 0 Å². The van der Waals surface area contributed by atoms with E-state index in [1.54, 1.807) is 29.3 Å². The monoisotopic (exact) mass is 315 g/mol. The van der Waals surface area contributed by atoms with Crippen LogP contribution in [0.15, 0.2) is 35.1 Å². The molecule has 0 saturated carbocycles. The number of nitrogens with one attached hydrogen (secondary N) is 1. The summed E-state index contributed by atoms with van der Waals surface area (Å²) in [6.07, 6.45) is 6.00. The first-order valence-electron chi connectivity index (χ1n) is 7.86. The molecule has 2 aromatic heterocycles. The van der Waals surface area contributed by atoms with Crippen LogP contribution >= 0.6 is 0 Å². The lowest BCUT2D eigenvalue weighted by Crippen LogP contribution is -2.40. The Bertz CT molecular complexity index is 636. The molecule has 0 spiro atoms. The zero-order chi connectivity index (χ0) is 16.1. The van der Waals surface area contributed by atoms with E-state index in [-0.39, 0.29) is 11.9 Å². The van der Waals surface area contributed by atoms with E-state index in [1.165, 1.54) is 6.26 Å². The summed E-state index contributed by atoms with van der Waals surface area (Å²) in [5, 5.41) is 3.37. The Kier molecular flexibility index (Phi) is 4.87. The van der Waals surface area contributed by atoms with Crippen molar-refractivity contribution in [3.8, 4) is 0 Å². The van der Waals surface area contributed by atoms with Gasteiger partial charge in [0.1, 0.15) is 11.6 Å². The lowest BCUT2D eigenvalue weighted by Gasteiger charge is -2.29. The van der Waals surface area contributed by atoms with Gasteiger partial charge in [-0.25, -0.2) is 9.97 Å². The molecule has 122 valence electrons. The molecule has 0 unspecified atom stereocenters. The number of aromatic nitrogens is 2. The average molecular weight is 315 g/mol. The third kappa shape index (κ3) is 3.87. The van der Waals surface area contributed by atoms with E-state index in [9.17, 15) is 4.79 Å². The third-order valence-corrected chi connectivity index (χ3v) is 4.02. The smallest absolute Gasteiger partial charge is 0.290 e. The van der Waals surface area contributed by atoms with Crippen LogP contribution in [0.2, 0.25) is 0 Å². The molecule has 0 aromatic carbocycles. The molecule has 23 heavy (non-hydrogen) atoms. The summed E-state index contributed by atoms with van der Waals surface area (Å²) < 4.78 is 5.29. The minimum Gasteiger partial charge on any atom is -0.459 e. The largest absolute Gasteiger partial charge is 0.459 e. The number of amides is 1. The number of carbonyl (C=O) groups is 1. The van der Waals surface area contributed by atoms with Crippen molar-refractivity contribution in [2.45, 2.75) is 31.8 Å². The lowest BCUT2D eigenvalue weighted by atomic mass is 10.1. The second kappa shape index (κ2) is 7.23. The number of furan rings is 1. The summed E-state index contributed by atoms with van der Waals surface area (Å²) in [6.45, 7) is 2.20. The van der Waals surface area contributed by atoms with Crippen molar-refractivity contribution in [2.24, 2.45) is 0 Å². The average Bonchev–Trinajstić information content (AvgIpc) is 2.95. The van der Waals surface area contributed by atoms with E-state index in [0.29, 0.717) is 23.9 Å². The maximum Gasteiger partial charge on any atom is 0.290 e. The molecule has 7 heteroatoms. The Hall–Kier alpha value is -2.41.